The Kier molecular flexibility index (Phi) is 5.94. The fraction of sp³-hybridized carbons (Fsp3) is 0.556. The van der Waals surface area contributed by atoms with E-state index in [1.54, 1.807) is 35.0 Å². The number of likely N-dealkylation sites (N-methyl/N-ethyl adjacent to an activating group) is 1. The van der Waals surface area contributed by atoms with Gasteiger partial charge in [0.25, 0.3) is 0 Å². The number of benzene rings is 1. The van der Waals surface area contributed by atoms with Crippen molar-refractivity contribution < 1.29 is 19.1 Å². The molecule has 1 amide bonds. The molecule has 1 N–H and O–H groups in total. The van der Waals surface area contributed by atoms with Gasteiger partial charge in [0.2, 0.25) is 5.91 Å². The number of hydrogen-bond acceptors (Lipinski definition) is 3. The predicted molar refractivity (Wildman–Crippen MR) is 88.9 cm³/mol. The molecule has 0 aromatic heterocycles. The number of carbonyl (C=O) groups excluding carboxylic acids is 1. The third kappa shape index (κ3) is 4.12. The number of amides is 1. The van der Waals surface area contributed by atoms with Gasteiger partial charge in [0.05, 0.1) is 12.0 Å². The molecule has 1 fully saturated rings. The first-order valence-corrected chi connectivity index (χ1v) is 8.31. The minimum atomic E-state index is -0.835. The smallest absolute Gasteiger partial charge is 0.311 e. The van der Waals surface area contributed by atoms with Crippen LogP contribution in [0.3, 0.4) is 0 Å². The average molecular weight is 336 g/mol. The van der Waals surface area contributed by atoms with Crippen LogP contribution < -0.4 is 0 Å². The highest BCUT2D eigenvalue weighted by Gasteiger charge is 2.42. The van der Waals surface area contributed by atoms with Crippen molar-refractivity contribution in [3.63, 3.8) is 0 Å². The predicted octanol–water partition coefficient (Wildman–Crippen LogP) is 2.36. The van der Waals surface area contributed by atoms with Crippen molar-refractivity contribution in [3.05, 3.63) is 35.6 Å². The van der Waals surface area contributed by atoms with Gasteiger partial charge in [-0.3, -0.25) is 14.5 Å². The van der Waals surface area contributed by atoms with Crippen molar-refractivity contribution in [3.8, 4) is 0 Å². The molecule has 0 unspecified atom stereocenters. The molecule has 0 saturated carbocycles. The molecule has 0 spiro atoms. The Bertz CT molecular complexity index is 608. The molecule has 1 atom stereocenters. The van der Waals surface area contributed by atoms with E-state index < -0.39 is 11.4 Å². The fourth-order valence-electron chi connectivity index (χ4n) is 3.26. The van der Waals surface area contributed by atoms with Crippen LogP contribution in [-0.2, 0) is 16.1 Å². The molecule has 1 heterocycles. The summed E-state index contributed by atoms with van der Waals surface area (Å²) in [4.78, 5) is 27.5. The molecule has 1 aliphatic heterocycles. The van der Waals surface area contributed by atoms with Crippen molar-refractivity contribution in [2.24, 2.45) is 5.41 Å². The lowest BCUT2D eigenvalue weighted by Crippen LogP contribution is -2.51. The second-order valence-corrected chi connectivity index (χ2v) is 6.62. The number of carbonyl (C=O) groups is 2. The molecule has 1 aromatic rings. The second kappa shape index (κ2) is 7.75. The van der Waals surface area contributed by atoms with Crippen molar-refractivity contribution >= 4 is 11.9 Å². The molecular weight excluding hydrogens is 311 g/mol. The van der Waals surface area contributed by atoms with Crippen molar-refractivity contribution in [2.75, 3.05) is 26.7 Å². The van der Waals surface area contributed by atoms with Gasteiger partial charge in [-0.05, 0) is 32.4 Å². The molecule has 1 aromatic carbocycles. The van der Waals surface area contributed by atoms with Crippen LogP contribution in [0.25, 0.3) is 0 Å². The fourth-order valence-corrected chi connectivity index (χ4v) is 3.26. The minimum absolute atomic E-state index is 0.104. The van der Waals surface area contributed by atoms with E-state index in [9.17, 15) is 19.1 Å². The normalized spacial score (nSPS) is 21.1. The highest BCUT2D eigenvalue weighted by molar-refractivity contribution is 5.81. The number of carboxylic acids is 1. The van der Waals surface area contributed by atoms with E-state index in [-0.39, 0.29) is 24.8 Å². The largest absolute Gasteiger partial charge is 0.481 e. The van der Waals surface area contributed by atoms with Crippen molar-refractivity contribution in [2.45, 2.75) is 32.7 Å². The summed E-state index contributed by atoms with van der Waals surface area (Å²) in [6.07, 6.45) is 1.81. The first-order chi connectivity index (χ1) is 11.4. The molecular formula is C18H25FN2O3. The summed E-state index contributed by atoms with van der Waals surface area (Å²) in [5.74, 6) is -1.22. The number of carboxylic acid groups (broad SMARTS) is 1. The zero-order chi connectivity index (χ0) is 17.7. The minimum Gasteiger partial charge on any atom is -0.481 e. The van der Waals surface area contributed by atoms with Crippen LogP contribution in [0.2, 0.25) is 0 Å². The monoisotopic (exact) mass is 336 g/mol. The summed E-state index contributed by atoms with van der Waals surface area (Å²) in [5, 5.41) is 9.51. The van der Waals surface area contributed by atoms with Gasteiger partial charge in [-0.15, -0.1) is 0 Å². The summed E-state index contributed by atoms with van der Waals surface area (Å²) in [6.45, 7) is 3.18. The highest BCUT2D eigenvalue weighted by Crippen LogP contribution is 2.33. The summed E-state index contributed by atoms with van der Waals surface area (Å²) in [6, 6.07) is 6.50. The van der Waals surface area contributed by atoms with E-state index >= 15 is 0 Å². The molecule has 132 valence electrons. The lowest BCUT2D eigenvalue weighted by molar-refractivity contribution is -0.155. The summed E-state index contributed by atoms with van der Waals surface area (Å²) in [7, 11) is 1.76. The number of rotatable bonds is 6. The summed E-state index contributed by atoms with van der Waals surface area (Å²) < 4.78 is 13.7. The van der Waals surface area contributed by atoms with Gasteiger partial charge in [-0.25, -0.2) is 4.39 Å². The lowest BCUT2D eigenvalue weighted by atomic mass is 9.77. The number of hydrogen-bond donors (Lipinski definition) is 1. The third-order valence-corrected chi connectivity index (χ3v) is 4.86. The van der Waals surface area contributed by atoms with E-state index in [0.29, 0.717) is 37.9 Å². The van der Waals surface area contributed by atoms with Crippen LogP contribution >= 0.6 is 0 Å². The van der Waals surface area contributed by atoms with E-state index in [4.69, 9.17) is 0 Å². The summed E-state index contributed by atoms with van der Waals surface area (Å²) >= 11 is 0. The van der Waals surface area contributed by atoms with Crippen LogP contribution in [0.4, 0.5) is 4.39 Å². The topological polar surface area (TPSA) is 60.9 Å². The molecule has 24 heavy (non-hydrogen) atoms. The molecule has 0 radical (unpaired) electrons. The Hall–Kier alpha value is -1.95. The second-order valence-electron chi connectivity index (χ2n) is 6.62. The number of aliphatic carboxylic acids is 1. The Morgan fingerprint density at radius 1 is 1.38 bits per heavy atom. The zero-order valence-electron chi connectivity index (χ0n) is 14.3. The van der Waals surface area contributed by atoms with Gasteiger partial charge in [-0.2, -0.15) is 0 Å². The van der Waals surface area contributed by atoms with Gasteiger partial charge in [0.15, 0.2) is 0 Å². The molecule has 5 nitrogen and oxygen atoms in total. The third-order valence-electron chi connectivity index (χ3n) is 4.86. The molecule has 1 saturated heterocycles. The standard InChI is InChI=1S/C18H25FN2O3/c1-3-18(17(23)24)9-6-10-21(13-18)16(22)12-20(2)11-14-7-4-5-8-15(14)19/h4-5,7-8H,3,6,9-13H2,1-2H3,(H,23,24)/t18-/m0/s1. The first kappa shape index (κ1) is 18.4. The van der Waals surface area contributed by atoms with E-state index in [0.717, 1.165) is 0 Å². The van der Waals surface area contributed by atoms with Crippen molar-refractivity contribution in [1.29, 1.82) is 0 Å². The van der Waals surface area contributed by atoms with Gasteiger partial charge >= 0.3 is 5.97 Å². The van der Waals surface area contributed by atoms with Crippen LogP contribution in [-0.4, -0.2) is 53.5 Å². The van der Waals surface area contributed by atoms with Gasteiger partial charge in [0.1, 0.15) is 5.82 Å². The van der Waals surface area contributed by atoms with E-state index in [1.807, 2.05) is 6.92 Å². The lowest BCUT2D eigenvalue weighted by Gasteiger charge is -2.39. The molecule has 0 aliphatic carbocycles. The molecule has 0 bridgehead atoms. The Morgan fingerprint density at radius 3 is 2.71 bits per heavy atom. The number of piperidine rings is 1. The van der Waals surface area contributed by atoms with Gasteiger partial charge < -0.3 is 10.0 Å². The SMILES string of the molecule is CC[C@]1(C(=O)O)CCCN(C(=O)CN(C)Cc2ccccc2F)C1. The maximum absolute atomic E-state index is 13.7. The average Bonchev–Trinajstić information content (AvgIpc) is 2.56. The number of halogens is 1. The van der Waals surface area contributed by atoms with Crippen LogP contribution in [0, 0.1) is 11.2 Å². The molecule has 2 rings (SSSR count). The van der Waals surface area contributed by atoms with Gasteiger partial charge in [-0.1, -0.05) is 25.1 Å². The van der Waals surface area contributed by atoms with Crippen molar-refractivity contribution in [1.82, 2.24) is 9.80 Å². The zero-order valence-corrected chi connectivity index (χ0v) is 14.3. The maximum atomic E-state index is 13.7. The van der Waals surface area contributed by atoms with E-state index in [2.05, 4.69) is 0 Å². The maximum Gasteiger partial charge on any atom is 0.311 e. The molecule has 6 heteroatoms. The van der Waals surface area contributed by atoms with Gasteiger partial charge in [0, 0.05) is 25.2 Å². The number of nitrogens with zero attached hydrogens (tertiary/aromatic N) is 2. The Balaban J connectivity index is 1.96. The van der Waals surface area contributed by atoms with Crippen LogP contribution in [0.1, 0.15) is 31.7 Å². The Labute approximate surface area is 142 Å². The Morgan fingerprint density at radius 2 is 2.08 bits per heavy atom. The number of likely N-dealkylation sites (tertiary alicyclic amines) is 1. The van der Waals surface area contributed by atoms with Crippen LogP contribution in [0.5, 0.6) is 0 Å². The summed E-state index contributed by atoms with van der Waals surface area (Å²) in [5.41, 5.74) is -0.294. The quantitative estimate of drug-likeness (QED) is 0.866. The van der Waals surface area contributed by atoms with Crippen LogP contribution in [0.15, 0.2) is 24.3 Å². The highest BCUT2D eigenvalue weighted by atomic mass is 19.1. The van der Waals surface area contributed by atoms with E-state index in [1.165, 1.54) is 6.07 Å². The molecule has 1 aliphatic rings. The first-order valence-electron chi connectivity index (χ1n) is 8.31.